The first-order valence-electron chi connectivity index (χ1n) is 8.63. The summed E-state index contributed by atoms with van der Waals surface area (Å²) in [7, 11) is 0. The molecule has 0 saturated heterocycles. The van der Waals surface area contributed by atoms with Crippen molar-refractivity contribution in [3.63, 3.8) is 0 Å². The Balaban J connectivity index is 1.92. The van der Waals surface area contributed by atoms with Crippen molar-refractivity contribution in [2.75, 3.05) is 13.2 Å². The highest BCUT2D eigenvalue weighted by Crippen LogP contribution is 2.19. The van der Waals surface area contributed by atoms with Gasteiger partial charge in [0.1, 0.15) is 11.5 Å². The van der Waals surface area contributed by atoms with E-state index in [1.165, 1.54) is 18.2 Å². The number of ether oxygens (including phenoxy) is 2. The number of aromatic nitrogens is 1. The molecule has 2 amide bonds. The van der Waals surface area contributed by atoms with Crippen molar-refractivity contribution in [1.82, 2.24) is 15.8 Å². The molecule has 2 rings (SSSR count). The zero-order valence-electron chi connectivity index (χ0n) is 16.1. The summed E-state index contributed by atoms with van der Waals surface area (Å²) in [5.41, 5.74) is 4.73. The minimum atomic E-state index is -0.862. The van der Waals surface area contributed by atoms with Crippen molar-refractivity contribution in [2.45, 2.75) is 20.8 Å². The summed E-state index contributed by atoms with van der Waals surface area (Å²) in [6, 6.07) is 5.23. The second kappa shape index (κ2) is 9.49. The number of carbonyl (C=O) groups is 4. The fourth-order valence-corrected chi connectivity index (χ4v) is 2.54. The minimum absolute atomic E-state index is 0.108. The van der Waals surface area contributed by atoms with Gasteiger partial charge >= 0.3 is 11.9 Å². The third-order valence-electron chi connectivity index (χ3n) is 3.89. The smallest absolute Gasteiger partial charge is 0.355 e. The minimum Gasteiger partial charge on any atom is -0.461 e. The molecule has 10 heteroatoms. The third kappa shape index (κ3) is 5.18. The van der Waals surface area contributed by atoms with Crippen LogP contribution >= 0.6 is 0 Å². The second-order valence-corrected chi connectivity index (χ2v) is 5.90. The number of esters is 2. The molecule has 0 atom stereocenters. The molecule has 0 unspecified atom stereocenters. The van der Waals surface area contributed by atoms with Gasteiger partial charge in [-0.05, 0) is 38.5 Å². The van der Waals surface area contributed by atoms with Crippen LogP contribution in [0.15, 0.2) is 24.3 Å². The van der Waals surface area contributed by atoms with E-state index in [1.807, 2.05) is 10.9 Å². The number of aryl methyl sites for hydroxylation is 1. The maximum atomic E-state index is 13.5. The molecule has 2 aromatic rings. The van der Waals surface area contributed by atoms with E-state index in [9.17, 15) is 23.6 Å². The van der Waals surface area contributed by atoms with Gasteiger partial charge in [0.05, 0.1) is 17.7 Å². The predicted molar refractivity (Wildman–Crippen MR) is 98.5 cm³/mol. The largest absolute Gasteiger partial charge is 0.461 e. The normalized spacial score (nSPS) is 10.2. The van der Waals surface area contributed by atoms with Crippen molar-refractivity contribution >= 4 is 23.8 Å². The average molecular weight is 405 g/mol. The highest BCUT2D eigenvalue weighted by Gasteiger charge is 2.24. The summed E-state index contributed by atoms with van der Waals surface area (Å²) in [4.78, 5) is 50.5. The number of carbonyl (C=O) groups excluding carboxylic acids is 4. The van der Waals surface area contributed by atoms with E-state index in [0.29, 0.717) is 11.3 Å². The van der Waals surface area contributed by atoms with E-state index >= 15 is 0 Å². The molecule has 1 heterocycles. The standard InChI is InChI=1S/C19H20FN3O6/c1-4-28-19(27)16-10(2)15(11(3)21-16)18(26)29-9-14(24)22-23-17(25)12-7-5-6-8-13(12)20/h5-8,21H,4,9H2,1-3H3,(H,22,24)(H,23,25). The molecule has 29 heavy (non-hydrogen) atoms. The van der Waals surface area contributed by atoms with Crippen LogP contribution in [0.2, 0.25) is 0 Å². The Morgan fingerprint density at radius 3 is 2.38 bits per heavy atom. The highest BCUT2D eigenvalue weighted by atomic mass is 19.1. The Kier molecular flexibility index (Phi) is 7.07. The van der Waals surface area contributed by atoms with Crippen molar-refractivity contribution in [3.05, 3.63) is 58.2 Å². The quantitative estimate of drug-likeness (QED) is 0.495. The Labute approximate surface area is 165 Å². The Morgan fingerprint density at radius 2 is 1.72 bits per heavy atom. The van der Waals surface area contributed by atoms with Crippen LogP contribution in [0.1, 0.15) is 49.4 Å². The summed E-state index contributed by atoms with van der Waals surface area (Å²) >= 11 is 0. The van der Waals surface area contributed by atoms with Gasteiger partial charge < -0.3 is 14.5 Å². The first kappa shape index (κ1) is 21.6. The molecule has 0 aliphatic heterocycles. The van der Waals surface area contributed by atoms with E-state index in [4.69, 9.17) is 9.47 Å². The summed E-state index contributed by atoms with van der Waals surface area (Å²) < 4.78 is 23.3. The lowest BCUT2D eigenvalue weighted by Gasteiger charge is -2.09. The van der Waals surface area contributed by atoms with Crippen LogP contribution < -0.4 is 10.9 Å². The van der Waals surface area contributed by atoms with Crippen LogP contribution in [0, 0.1) is 19.7 Å². The first-order valence-corrected chi connectivity index (χ1v) is 8.63. The van der Waals surface area contributed by atoms with Crippen LogP contribution in [0.5, 0.6) is 0 Å². The molecule has 0 spiro atoms. The molecule has 154 valence electrons. The topological polar surface area (TPSA) is 127 Å². The predicted octanol–water partition coefficient (Wildman–Crippen LogP) is 1.57. The number of hydrazine groups is 1. The van der Waals surface area contributed by atoms with Gasteiger partial charge in [0.15, 0.2) is 6.61 Å². The molecule has 1 aromatic carbocycles. The maximum absolute atomic E-state index is 13.5. The van der Waals surface area contributed by atoms with E-state index in [1.54, 1.807) is 20.8 Å². The van der Waals surface area contributed by atoms with Gasteiger partial charge in [-0.3, -0.25) is 20.4 Å². The Morgan fingerprint density at radius 1 is 1.03 bits per heavy atom. The van der Waals surface area contributed by atoms with Gasteiger partial charge in [-0.15, -0.1) is 0 Å². The third-order valence-corrected chi connectivity index (χ3v) is 3.89. The fourth-order valence-electron chi connectivity index (χ4n) is 2.54. The zero-order chi connectivity index (χ0) is 21.6. The van der Waals surface area contributed by atoms with E-state index in [-0.39, 0.29) is 23.4 Å². The molecule has 0 aliphatic carbocycles. The Bertz CT molecular complexity index is 953. The molecule has 0 fully saturated rings. The summed E-state index contributed by atoms with van der Waals surface area (Å²) in [6.45, 7) is 4.24. The molecule has 0 bridgehead atoms. The molecule has 0 saturated carbocycles. The summed E-state index contributed by atoms with van der Waals surface area (Å²) in [6.07, 6.45) is 0. The van der Waals surface area contributed by atoms with Gasteiger partial charge in [0.2, 0.25) is 0 Å². The van der Waals surface area contributed by atoms with Crippen molar-refractivity contribution < 1.29 is 33.0 Å². The molecule has 3 N–H and O–H groups in total. The van der Waals surface area contributed by atoms with Crippen LogP contribution in [0.4, 0.5) is 4.39 Å². The number of hydrogen-bond acceptors (Lipinski definition) is 6. The molecule has 0 radical (unpaired) electrons. The van der Waals surface area contributed by atoms with Gasteiger partial charge in [0.25, 0.3) is 11.8 Å². The lowest BCUT2D eigenvalue weighted by Crippen LogP contribution is -2.43. The van der Waals surface area contributed by atoms with Crippen LogP contribution in [-0.2, 0) is 14.3 Å². The molecule has 1 aromatic heterocycles. The highest BCUT2D eigenvalue weighted by molar-refractivity contribution is 5.99. The number of nitrogens with one attached hydrogen (secondary N) is 3. The lowest BCUT2D eigenvalue weighted by atomic mass is 10.1. The van der Waals surface area contributed by atoms with E-state index in [0.717, 1.165) is 6.07 Å². The number of aromatic amines is 1. The number of hydrogen-bond donors (Lipinski definition) is 3. The van der Waals surface area contributed by atoms with Crippen molar-refractivity contribution in [1.29, 1.82) is 0 Å². The van der Waals surface area contributed by atoms with Gasteiger partial charge in [-0.1, -0.05) is 12.1 Å². The van der Waals surface area contributed by atoms with E-state index < -0.39 is 36.2 Å². The van der Waals surface area contributed by atoms with E-state index in [2.05, 4.69) is 4.98 Å². The number of rotatable bonds is 6. The average Bonchev–Trinajstić information content (AvgIpc) is 2.99. The molecule has 0 aliphatic rings. The van der Waals surface area contributed by atoms with Gasteiger partial charge in [0, 0.05) is 5.69 Å². The maximum Gasteiger partial charge on any atom is 0.355 e. The number of benzene rings is 1. The number of H-pyrrole nitrogens is 1. The SMILES string of the molecule is CCOC(=O)c1[nH]c(C)c(C(=O)OCC(=O)NNC(=O)c2ccccc2F)c1C. The second-order valence-electron chi connectivity index (χ2n) is 5.90. The summed E-state index contributed by atoms with van der Waals surface area (Å²) in [5.74, 6) is -3.89. The molecule has 9 nitrogen and oxygen atoms in total. The van der Waals surface area contributed by atoms with Crippen LogP contribution in [0.3, 0.4) is 0 Å². The van der Waals surface area contributed by atoms with Crippen molar-refractivity contribution in [3.8, 4) is 0 Å². The van der Waals surface area contributed by atoms with Crippen molar-refractivity contribution in [2.24, 2.45) is 0 Å². The lowest BCUT2D eigenvalue weighted by molar-refractivity contribution is -0.125. The van der Waals surface area contributed by atoms with Crippen LogP contribution in [-0.4, -0.2) is 42.0 Å². The monoisotopic (exact) mass is 405 g/mol. The Hall–Kier alpha value is -3.69. The fraction of sp³-hybridized carbons (Fsp3) is 0.263. The zero-order valence-corrected chi connectivity index (χ0v) is 16.1. The summed E-state index contributed by atoms with van der Waals surface area (Å²) in [5, 5.41) is 0. The molecular formula is C19H20FN3O6. The number of amides is 2. The first-order chi connectivity index (χ1) is 13.8. The number of halogens is 1. The van der Waals surface area contributed by atoms with Gasteiger partial charge in [-0.25, -0.2) is 14.0 Å². The van der Waals surface area contributed by atoms with Gasteiger partial charge in [-0.2, -0.15) is 0 Å². The van der Waals surface area contributed by atoms with Crippen LogP contribution in [0.25, 0.3) is 0 Å². The molecular weight excluding hydrogens is 385 g/mol.